The summed E-state index contributed by atoms with van der Waals surface area (Å²) in [5.74, 6) is 0.199. The lowest BCUT2D eigenvalue weighted by atomic mass is 10.1. The molecular formula is C16H15Br2NO. The topological polar surface area (TPSA) is 32.6 Å². The molecule has 0 saturated heterocycles. The Morgan fingerprint density at radius 1 is 0.950 bits per heavy atom. The van der Waals surface area contributed by atoms with Crippen LogP contribution < -0.4 is 0 Å². The molecule has 0 amide bonds. The van der Waals surface area contributed by atoms with Crippen LogP contribution in [0.2, 0.25) is 0 Å². The molecule has 0 atom stereocenters. The van der Waals surface area contributed by atoms with Gasteiger partial charge in [-0.05, 0) is 81.5 Å². The van der Waals surface area contributed by atoms with Gasteiger partial charge in [0.1, 0.15) is 5.75 Å². The molecule has 2 rings (SSSR count). The fourth-order valence-corrected chi connectivity index (χ4v) is 3.40. The van der Waals surface area contributed by atoms with E-state index in [-0.39, 0.29) is 5.75 Å². The molecule has 104 valence electrons. The van der Waals surface area contributed by atoms with Gasteiger partial charge in [-0.3, -0.25) is 4.99 Å². The lowest BCUT2D eigenvalue weighted by Gasteiger charge is -2.07. The number of phenols is 1. The van der Waals surface area contributed by atoms with E-state index in [1.54, 1.807) is 6.21 Å². The summed E-state index contributed by atoms with van der Waals surface area (Å²) < 4.78 is 1.29. The molecule has 0 spiro atoms. The van der Waals surface area contributed by atoms with Crippen LogP contribution in [-0.4, -0.2) is 11.3 Å². The van der Waals surface area contributed by atoms with Gasteiger partial charge in [0.2, 0.25) is 0 Å². The number of halogens is 2. The number of aromatic hydroxyl groups is 1. The molecule has 0 bridgehead atoms. The fourth-order valence-electron chi connectivity index (χ4n) is 2.17. The number of hydrogen-bond donors (Lipinski definition) is 1. The summed E-state index contributed by atoms with van der Waals surface area (Å²) in [5.41, 5.74) is 5.48. The van der Waals surface area contributed by atoms with Crippen molar-refractivity contribution in [3.63, 3.8) is 0 Å². The van der Waals surface area contributed by atoms with Crippen LogP contribution in [-0.2, 0) is 0 Å². The van der Waals surface area contributed by atoms with E-state index in [2.05, 4.69) is 69.8 Å². The van der Waals surface area contributed by atoms with E-state index in [1.165, 1.54) is 5.56 Å². The number of phenolic OH excluding ortho intramolecular Hbond substituents is 1. The van der Waals surface area contributed by atoms with Gasteiger partial charge >= 0.3 is 0 Å². The van der Waals surface area contributed by atoms with Gasteiger partial charge in [-0.25, -0.2) is 0 Å². The molecule has 0 aliphatic heterocycles. The molecule has 0 saturated carbocycles. The number of aryl methyl sites for hydroxylation is 3. The molecule has 2 nitrogen and oxygen atoms in total. The van der Waals surface area contributed by atoms with Crippen LogP contribution in [0.25, 0.3) is 0 Å². The minimum absolute atomic E-state index is 0.199. The fraction of sp³-hybridized carbons (Fsp3) is 0.188. The van der Waals surface area contributed by atoms with E-state index in [0.29, 0.717) is 8.95 Å². The van der Waals surface area contributed by atoms with E-state index < -0.39 is 0 Å². The second kappa shape index (κ2) is 6.10. The van der Waals surface area contributed by atoms with E-state index in [0.717, 1.165) is 22.4 Å². The Morgan fingerprint density at radius 3 is 1.95 bits per heavy atom. The molecule has 2 aromatic rings. The van der Waals surface area contributed by atoms with Crippen molar-refractivity contribution in [3.8, 4) is 5.75 Å². The van der Waals surface area contributed by atoms with Crippen molar-refractivity contribution in [2.75, 3.05) is 0 Å². The second-order valence-corrected chi connectivity index (χ2v) is 6.55. The van der Waals surface area contributed by atoms with Crippen LogP contribution in [0.3, 0.4) is 0 Å². The highest BCUT2D eigenvalue weighted by molar-refractivity contribution is 9.11. The quantitative estimate of drug-likeness (QED) is 0.659. The molecule has 0 fully saturated rings. The zero-order valence-electron chi connectivity index (χ0n) is 11.5. The maximum absolute atomic E-state index is 9.70. The predicted molar refractivity (Wildman–Crippen MR) is 91.4 cm³/mol. The molecule has 1 N–H and O–H groups in total. The first kappa shape index (κ1) is 15.3. The molecule has 2 aromatic carbocycles. The maximum Gasteiger partial charge on any atom is 0.143 e. The van der Waals surface area contributed by atoms with Crippen molar-refractivity contribution in [2.45, 2.75) is 20.8 Å². The van der Waals surface area contributed by atoms with E-state index in [9.17, 15) is 5.11 Å². The third kappa shape index (κ3) is 3.30. The minimum Gasteiger partial charge on any atom is -0.506 e. The molecule has 0 aliphatic carbocycles. The Labute approximate surface area is 135 Å². The predicted octanol–water partition coefficient (Wildman–Crippen LogP) is 5.59. The summed E-state index contributed by atoms with van der Waals surface area (Å²) in [5, 5.41) is 9.70. The summed E-state index contributed by atoms with van der Waals surface area (Å²) >= 11 is 6.64. The van der Waals surface area contributed by atoms with Gasteiger partial charge in [-0.1, -0.05) is 17.7 Å². The summed E-state index contributed by atoms with van der Waals surface area (Å²) in [6.45, 7) is 6.21. The highest BCUT2D eigenvalue weighted by atomic mass is 79.9. The van der Waals surface area contributed by atoms with Crippen LogP contribution >= 0.6 is 31.9 Å². The average molecular weight is 397 g/mol. The Morgan fingerprint density at radius 2 is 1.45 bits per heavy atom. The number of aliphatic imine (C=N–C) groups is 1. The second-order valence-electron chi connectivity index (χ2n) is 4.84. The third-order valence-corrected chi connectivity index (χ3v) is 4.23. The van der Waals surface area contributed by atoms with Crippen molar-refractivity contribution < 1.29 is 5.11 Å². The molecule has 20 heavy (non-hydrogen) atoms. The van der Waals surface area contributed by atoms with E-state index >= 15 is 0 Å². The van der Waals surface area contributed by atoms with Gasteiger partial charge in [-0.2, -0.15) is 0 Å². The van der Waals surface area contributed by atoms with E-state index in [1.807, 2.05) is 12.1 Å². The smallest absolute Gasteiger partial charge is 0.143 e. The van der Waals surface area contributed by atoms with Crippen molar-refractivity contribution in [1.29, 1.82) is 0 Å². The Balaban J connectivity index is 2.40. The van der Waals surface area contributed by atoms with Crippen LogP contribution in [0.4, 0.5) is 5.69 Å². The molecule has 0 radical (unpaired) electrons. The number of rotatable bonds is 2. The highest BCUT2D eigenvalue weighted by Gasteiger charge is 2.05. The lowest BCUT2D eigenvalue weighted by molar-refractivity contribution is 0.468. The molecule has 4 heteroatoms. The van der Waals surface area contributed by atoms with Gasteiger partial charge in [0, 0.05) is 6.21 Å². The minimum atomic E-state index is 0.199. The largest absolute Gasteiger partial charge is 0.506 e. The standard InChI is InChI=1S/C16H15Br2NO/c1-9-4-10(2)15(11(3)5-9)19-8-12-6-13(17)16(20)14(18)7-12/h4-8,20H,1-3H3/b19-8+. The lowest BCUT2D eigenvalue weighted by Crippen LogP contribution is -1.86. The molecule has 0 aliphatic rings. The third-order valence-electron chi connectivity index (χ3n) is 3.02. The van der Waals surface area contributed by atoms with Crippen molar-refractivity contribution in [1.82, 2.24) is 0 Å². The Kier molecular flexibility index (Phi) is 4.66. The van der Waals surface area contributed by atoms with Gasteiger partial charge in [0.05, 0.1) is 14.6 Å². The van der Waals surface area contributed by atoms with Crippen LogP contribution in [0.15, 0.2) is 38.2 Å². The Bertz CT molecular complexity index is 647. The molecular weight excluding hydrogens is 382 g/mol. The summed E-state index contributed by atoms with van der Waals surface area (Å²) in [4.78, 5) is 4.58. The SMILES string of the molecule is Cc1cc(C)c(/N=C/c2cc(Br)c(O)c(Br)c2)c(C)c1. The van der Waals surface area contributed by atoms with Crippen LogP contribution in [0.5, 0.6) is 5.75 Å². The number of nitrogens with zero attached hydrogens (tertiary/aromatic N) is 1. The van der Waals surface area contributed by atoms with Gasteiger partial charge < -0.3 is 5.11 Å². The number of benzene rings is 2. The molecule has 0 heterocycles. The van der Waals surface area contributed by atoms with Crippen molar-refractivity contribution >= 4 is 43.8 Å². The summed E-state index contributed by atoms with van der Waals surface area (Å²) in [6.07, 6.45) is 1.81. The van der Waals surface area contributed by atoms with Crippen molar-refractivity contribution in [2.24, 2.45) is 4.99 Å². The van der Waals surface area contributed by atoms with Crippen molar-refractivity contribution in [3.05, 3.63) is 55.5 Å². The average Bonchev–Trinajstić information content (AvgIpc) is 2.34. The first-order chi connectivity index (χ1) is 9.38. The summed E-state index contributed by atoms with van der Waals surface area (Å²) in [7, 11) is 0. The summed E-state index contributed by atoms with van der Waals surface area (Å²) in [6, 6.07) is 7.93. The first-order valence-electron chi connectivity index (χ1n) is 6.18. The number of hydrogen-bond acceptors (Lipinski definition) is 2. The maximum atomic E-state index is 9.70. The van der Waals surface area contributed by atoms with Gasteiger partial charge in [-0.15, -0.1) is 0 Å². The van der Waals surface area contributed by atoms with Gasteiger partial charge in [0.25, 0.3) is 0 Å². The van der Waals surface area contributed by atoms with Crippen LogP contribution in [0.1, 0.15) is 22.3 Å². The highest BCUT2D eigenvalue weighted by Crippen LogP contribution is 2.33. The van der Waals surface area contributed by atoms with Gasteiger partial charge in [0.15, 0.2) is 0 Å². The first-order valence-corrected chi connectivity index (χ1v) is 7.77. The molecule has 0 aromatic heterocycles. The molecule has 0 unspecified atom stereocenters. The van der Waals surface area contributed by atoms with Crippen LogP contribution in [0, 0.1) is 20.8 Å². The van der Waals surface area contributed by atoms with E-state index in [4.69, 9.17) is 0 Å². The zero-order valence-corrected chi connectivity index (χ0v) is 14.7. The monoisotopic (exact) mass is 395 g/mol. The normalized spacial score (nSPS) is 11.2. The zero-order chi connectivity index (χ0) is 14.9. The Hall–Kier alpha value is -1.13.